The van der Waals surface area contributed by atoms with Gasteiger partial charge < -0.3 is 20.1 Å². The number of rotatable bonds is 5. The van der Waals surface area contributed by atoms with Gasteiger partial charge in [0.25, 0.3) is 0 Å². The van der Waals surface area contributed by atoms with Crippen molar-refractivity contribution < 1.29 is 19.4 Å². The summed E-state index contributed by atoms with van der Waals surface area (Å²) in [5, 5.41) is 13.3. The molecule has 2 heterocycles. The Morgan fingerprint density at radius 1 is 1.33 bits per heavy atom. The number of hydrogen-bond acceptors (Lipinski definition) is 3. The smallest absolute Gasteiger partial charge is 0.329 e. The van der Waals surface area contributed by atoms with Crippen molar-refractivity contribution in [3.8, 4) is 0 Å². The van der Waals surface area contributed by atoms with Gasteiger partial charge in [0.2, 0.25) is 5.91 Å². The minimum Gasteiger partial charge on any atom is -0.480 e. The summed E-state index contributed by atoms with van der Waals surface area (Å²) in [5.74, 6) is -1.22. The van der Waals surface area contributed by atoms with Gasteiger partial charge in [0, 0.05) is 49.6 Å². The fourth-order valence-electron chi connectivity index (χ4n) is 3.19. The molecule has 0 radical (unpaired) electrons. The van der Waals surface area contributed by atoms with Crippen molar-refractivity contribution in [2.45, 2.75) is 38.1 Å². The number of fused-ring (bicyclic) bond motifs is 1. The van der Waals surface area contributed by atoms with E-state index in [4.69, 9.17) is 4.74 Å². The number of aromatic nitrogens is 1. The number of amides is 1. The van der Waals surface area contributed by atoms with Gasteiger partial charge in [0.15, 0.2) is 0 Å². The molecule has 1 aliphatic rings. The van der Waals surface area contributed by atoms with E-state index in [2.05, 4.69) is 16.4 Å². The molecule has 6 nitrogen and oxygen atoms in total. The Bertz CT molecular complexity index is 759. The quantitative estimate of drug-likeness (QED) is 0.783. The highest BCUT2D eigenvalue weighted by Gasteiger charge is 2.41. The average Bonchev–Trinajstić information content (AvgIpc) is 2.96. The molecule has 3 rings (SSSR count). The molecule has 0 unspecified atom stereocenters. The summed E-state index contributed by atoms with van der Waals surface area (Å²) in [6.45, 7) is 2.74. The molecule has 3 N–H and O–H groups in total. The van der Waals surface area contributed by atoms with E-state index >= 15 is 0 Å². The third-order valence-corrected chi connectivity index (χ3v) is 4.68. The molecule has 128 valence electrons. The zero-order valence-corrected chi connectivity index (χ0v) is 13.7. The van der Waals surface area contributed by atoms with Gasteiger partial charge in [-0.1, -0.05) is 11.6 Å². The number of aryl methyl sites for hydroxylation is 2. The lowest BCUT2D eigenvalue weighted by Gasteiger charge is -2.33. The van der Waals surface area contributed by atoms with Crippen LogP contribution in [0.5, 0.6) is 0 Å². The largest absolute Gasteiger partial charge is 0.480 e. The van der Waals surface area contributed by atoms with Crippen molar-refractivity contribution in [1.29, 1.82) is 0 Å². The molecule has 2 aromatic rings. The standard InChI is InChI=1S/C18H22N2O4/c1-12-2-4-15-14(10-12)13(11-19-15)3-5-16(21)20-18(17(22)23)6-8-24-9-7-18/h2,4,10-11,19H,3,5-9H2,1H3,(H,20,21)(H,22,23). The van der Waals surface area contributed by atoms with Crippen LogP contribution in [0.25, 0.3) is 10.9 Å². The number of carbonyl (C=O) groups is 2. The second kappa shape index (κ2) is 6.65. The maximum absolute atomic E-state index is 12.3. The van der Waals surface area contributed by atoms with Crippen LogP contribution in [0.3, 0.4) is 0 Å². The van der Waals surface area contributed by atoms with Crippen molar-refractivity contribution in [2.75, 3.05) is 13.2 Å². The van der Waals surface area contributed by atoms with E-state index < -0.39 is 11.5 Å². The number of carboxylic acid groups (broad SMARTS) is 1. The minimum atomic E-state index is -1.19. The molecule has 1 amide bonds. The van der Waals surface area contributed by atoms with Gasteiger partial charge in [-0.15, -0.1) is 0 Å². The number of nitrogens with one attached hydrogen (secondary N) is 2. The van der Waals surface area contributed by atoms with E-state index in [1.165, 1.54) is 5.56 Å². The normalized spacial score (nSPS) is 16.9. The van der Waals surface area contributed by atoms with Crippen LogP contribution in [0.2, 0.25) is 0 Å². The molecular weight excluding hydrogens is 308 g/mol. The lowest BCUT2D eigenvalue weighted by molar-refractivity contribution is -0.152. The number of H-pyrrole nitrogens is 1. The zero-order chi connectivity index (χ0) is 17.2. The van der Waals surface area contributed by atoms with Crippen LogP contribution in [0, 0.1) is 6.92 Å². The number of ether oxygens (including phenoxy) is 1. The van der Waals surface area contributed by atoms with E-state index in [1.54, 1.807) is 0 Å². The predicted molar refractivity (Wildman–Crippen MR) is 89.9 cm³/mol. The Labute approximate surface area is 140 Å². The van der Waals surface area contributed by atoms with Crippen LogP contribution in [0.15, 0.2) is 24.4 Å². The molecule has 1 aromatic heterocycles. The topological polar surface area (TPSA) is 91.4 Å². The first-order valence-electron chi connectivity index (χ1n) is 8.19. The van der Waals surface area contributed by atoms with Gasteiger partial charge in [-0.2, -0.15) is 0 Å². The summed E-state index contributed by atoms with van der Waals surface area (Å²) in [7, 11) is 0. The number of aromatic amines is 1. The molecule has 6 heteroatoms. The van der Waals surface area contributed by atoms with E-state index in [1.807, 2.05) is 25.3 Å². The van der Waals surface area contributed by atoms with Crippen LogP contribution in [0.4, 0.5) is 0 Å². The zero-order valence-electron chi connectivity index (χ0n) is 13.7. The Balaban J connectivity index is 1.66. The van der Waals surface area contributed by atoms with Crippen LogP contribution >= 0.6 is 0 Å². The van der Waals surface area contributed by atoms with Crippen molar-refractivity contribution in [3.63, 3.8) is 0 Å². The molecule has 1 saturated heterocycles. The summed E-state index contributed by atoms with van der Waals surface area (Å²) in [6, 6.07) is 6.16. The Morgan fingerprint density at radius 2 is 2.08 bits per heavy atom. The Kier molecular flexibility index (Phi) is 4.57. The molecule has 0 aliphatic carbocycles. The molecule has 0 spiro atoms. The van der Waals surface area contributed by atoms with Gasteiger partial charge in [0.05, 0.1) is 0 Å². The second-order valence-corrected chi connectivity index (χ2v) is 6.41. The SMILES string of the molecule is Cc1ccc2[nH]cc(CCC(=O)NC3(C(=O)O)CCOCC3)c2c1. The maximum atomic E-state index is 12.3. The first-order chi connectivity index (χ1) is 11.5. The first kappa shape index (κ1) is 16.5. The fourth-order valence-corrected chi connectivity index (χ4v) is 3.19. The van der Waals surface area contributed by atoms with Crippen LogP contribution in [0.1, 0.15) is 30.4 Å². The summed E-state index contributed by atoms with van der Waals surface area (Å²) in [5.41, 5.74) is 2.09. The van der Waals surface area contributed by atoms with E-state index in [0.29, 0.717) is 32.5 Å². The highest BCUT2D eigenvalue weighted by molar-refractivity contribution is 5.88. The minimum absolute atomic E-state index is 0.235. The molecule has 1 fully saturated rings. The van der Waals surface area contributed by atoms with E-state index in [9.17, 15) is 14.7 Å². The lowest BCUT2D eigenvalue weighted by atomic mass is 9.90. The monoisotopic (exact) mass is 330 g/mol. The number of hydrogen-bond donors (Lipinski definition) is 3. The Hall–Kier alpha value is -2.34. The molecule has 1 aliphatic heterocycles. The van der Waals surface area contributed by atoms with Crippen molar-refractivity contribution >= 4 is 22.8 Å². The molecule has 0 saturated carbocycles. The third-order valence-electron chi connectivity index (χ3n) is 4.68. The van der Waals surface area contributed by atoms with Gasteiger partial charge in [-0.05, 0) is 31.0 Å². The fraction of sp³-hybridized carbons (Fsp3) is 0.444. The summed E-state index contributed by atoms with van der Waals surface area (Å²) in [6.07, 6.45) is 3.36. The molecule has 0 atom stereocenters. The maximum Gasteiger partial charge on any atom is 0.329 e. The van der Waals surface area contributed by atoms with Crippen molar-refractivity contribution in [3.05, 3.63) is 35.5 Å². The molecule has 0 bridgehead atoms. The number of benzene rings is 1. The van der Waals surface area contributed by atoms with Gasteiger partial charge in [-0.25, -0.2) is 4.79 Å². The van der Waals surface area contributed by atoms with Crippen molar-refractivity contribution in [1.82, 2.24) is 10.3 Å². The first-order valence-corrected chi connectivity index (χ1v) is 8.19. The van der Waals surface area contributed by atoms with E-state index in [-0.39, 0.29) is 12.3 Å². The van der Waals surface area contributed by atoms with Gasteiger partial charge in [0.1, 0.15) is 5.54 Å². The van der Waals surface area contributed by atoms with Crippen LogP contribution in [-0.4, -0.2) is 40.7 Å². The second-order valence-electron chi connectivity index (χ2n) is 6.41. The molecule has 1 aromatic carbocycles. The van der Waals surface area contributed by atoms with E-state index in [0.717, 1.165) is 16.5 Å². The molecular formula is C18H22N2O4. The van der Waals surface area contributed by atoms with Crippen LogP contribution < -0.4 is 5.32 Å². The average molecular weight is 330 g/mol. The van der Waals surface area contributed by atoms with Gasteiger partial charge in [-0.3, -0.25) is 4.79 Å². The van der Waals surface area contributed by atoms with Crippen molar-refractivity contribution in [2.24, 2.45) is 0 Å². The Morgan fingerprint density at radius 3 is 2.79 bits per heavy atom. The highest BCUT2D eigenvalue weighted by Crippen LogP contribution is 2.23. The lowest BCUT2D eigenvalue weighted by Crippen LogP contribution is -2.57. The highest BCUT2D eigenvalue weighted by atomic mass is 16.5. The summed E-state index contributed by atoms with van der Waals surface area (Å²) in [4.78, 5) is 27.1. The number of carboxylic acids is 1. The van der Waals surface area contributed by atoms with Gasteiger partial charge >= 0.3 is 5.97 Å². The third kappa shape index (κ3) is 3.28. The van der Waals surface area contributed by atoms with Crippen LogP contribution in [-0.2, 0) is 20.7 Å². The molecule has 24 heavy (non-hydrogen) atoms. The summed E-state index contributed by atoms with van der Waals surface area (Å²) >= 11 is 0. The predicted octanol–water partition coefficient (Wildman–Crippen LogP) is 2.16. The number of carbonyl (C=O) groups excluding carboxylic acids is 1. The summed E-state index contributed by atoms with van der Waals surface area (Å²) < 4.78 is 5.22. The number of aliphatic carboxylic acids is 1.